The van der Waals surface area contributed by atoms with Crippen molar-refractivity contribution >= 4 is 26.9 Å². The fourth-order valence-electron chi connectivity index (χ4n) is 0.671. The van der Waals surface area contributed by atoms with E-state index in [1.165, 1.54) is 18.5 Å². The average Bonchev–Trinajstić information content (AvgIpc) is 1.87. The van der Waals surface area contributed by atoms with E-state index in [1.54, 1.807) is 0 Å². The molecule has 0 aliphatic rings. The molecule has 0 aliphatic heterocycles. The van der Waals surface area contributed by atoms with Crippen LogP contribution in [0.3, 0.4) is 0 Å². The molecule has 0 heterocycles. The van der Waals surface area contributed by atoms with Gasteiger partial charge in [0.25, 0.3) is 0 Å². The fourth-order valence-corrected chi connectivity index (χ4v) is 2.01. The summed E-state index contributed by atoms with van der Waals surface area (Å²) in [5, 5.41) is 0. The third-order valence-corrected chi connectivity index (χ3v) is 11.2. The quantitative estimate of drug-likeness (QED) is 0.426. The van der Waals surface area contributed by atoms with Gasteiger partial charge >= 0.3 is 0 Å². The molecule has 0 N–H and O–H groups in total. The summed E-state index contributed by atoms with van der Waals surface area (Å²) < 4.78 is 0. The molecule has 0 amide bonds. The van der Waals surface area contributed by atoms with E-state index in [0.29, 0.717) is 0 Å². The Morgan fingerprint density at radius 1 is 1.00 bits per heavy atom. The molecule has 0 aliphatic carbocycles. The maximum atomic E-state index is 2.68. The van der Waals surface area contributed by atoms with Crippen LogP contribution in [0.4, 0.5) is 0 Å². The summed E-state index contributed by atoms with van der Waals surface area (Å²) in [6, 6.07) is 0. The first-order valence-electron chi connectivity index (χ1n) is 3.24. The van der Waals surface area contributed by atoms with Gasteiger partial charge in [-0.2, -0.15) is 0 Å². The Balaban J connectivity index is 0. The zero-order valence-corrected chi connectivity index (χ0v) is 10.2. The molecule has 0 saturated carbocycles. The van der Waals surface area contributed by atoms with E-state index in [1.807, 2.05) is 0 Å². The minimum absolute atomic E-state index is 0. The summed E-state index contributed by atoms with van der Waals surface area (Å²) >= 11 is 2.68. The molecular weight excluding hydrogens is 293 g/mol. The third-order valence-electron chi connectivity index (χ3n) is 1.70. The van der Waals surface area contributed by atoms with Crippen LogP contribution in [-0.2, 0) is 17.1 Å². The van der Waals surface area contributed by atoms with E-state index in [-0.39, 0.29) is 17.1 Å². The molecule has 0 nitrogen and oxygen atoms in total. The minimum Gasteiger partial charge on any atom is -0.0304 e. The molecule has 0 saturated heterocycles. The zero-order chi connectivity index (χ0) is 6.62. The first-order valence-corrected chi connectivity index (χ1v) is 8.37. The van der Waals surface area contributed by atoms with Crippen LogP contribution in [0.1, 0.15) is 20.8 Å². The molecular formula is C6H15CuIP+. The molecule has 0 fully saturated rings. The molecule has 3 heteroatoms. The van der Waals surface area contributed by atoms with Gasteiger partial charge in [-0.3, -0.25) is 0 Å². The molecule has 0 aromatic heterocycles. The minimum atomic E-state index is -0.442. The van der Waals surface area contributed by atoms with Crippen molar-refractivity contribution in [2.24, 2.45) is 0 Å². The van der Waals surface area contributed by atoms with E-state index in [9.17, 15) is 0 Å². The first kappa shape index (κ1) is 13.3. The molecule has 0 spiro atoms. The summed E-state index contributed by atoms with van der Waals surface area (Å²) in [7, 11) is 0. The Morgan fingerprint density at radius 3 is 1.22 bits per heavy atom. The van der Waals surface area contributed by atoms with Crippen LogP contribution in [0.2, 0.25) is 0 Å². The van der Waals surface area contributed by atoms with E-state index < -0.39 is 4.90 Å². The SMILES string of the molecule is CC[P+](I)(CC)CC.[Cu]. The fraction of sp³-hybridized carbons (Fsp3) is 1.00. The van der Waals surface area contributed by atoms with Crippen molar-refractivity contribution < 1.29 is 17.1 Å². The molecule has 0 atom stereocenters. The number of rotatable bonds is 3. The molecule has 1 radical (unpaired) electrons. The van der Waals surface area contributed by atoms with Crippen molar-refractivity contribution in [3.63, 3.8) is 0 Å². The number of halogens is 1. The molecule has 0 bridgehead atoms. The maximum absolute atomic E-state index is 2.68. The Labute approximate surface area is 82.9 Å². The standard InChI is InChI=1S/C6H15IP.Cu/c1-4-8(7,5-2)6-3;/h4-6H2,1-3H3;/q+1;. The van der Waals surface area contributed by atoms with Crippen LogP contribution in [0.25, 0.3) is 0 Å². The van der Waals surface area contributed by atoms with Crippen molar-refractivity contribution in [1.82, 2.24) is 0 Å². The van der Waals surface area contributed by atoms with E-state index in [2.05, 4.69) is 42.8 Å². The first-order chi connectivity index (χ1) is 3.68. The van der Waals surface area contributed by atoms with Gasteiger partial charge in [0.05, 0.1) is 23.4 Å². The Kier molecular flexibility index (Phi) is 9.44. The zero-order valence-electron chi connectivity index (χ0n) is 6.25. The van der Waals surface area contributed by atoms with Crippen molar-refractivity contribution in [1.29, 1.82) is 0 Å². The molecule has 0 unspecified atom stereocenters. The van der Waals surface area contributed by atoms with Gasteiger partial charge in [-0.25, -0.2) is 0 Å². The number of hydrogen-bond acceptors (Lipinski definition) is 0. The second-order valence-electron chi connectivity index (χ2n) is 1.98. The summed E-state index contributed by atoms with van der Waals surface area (Å²) in [4.78, 5) is -0.442. The molecule has 0 aromatic carbocycles. The molecule has 0 aromatic rings. The van der Waals surface area contributed by atoms with Gasteiger partial charge in [-0.05, 0) is 20.8 Å². The molecule has 0 rings (SSSR count). The van der Waals surface area contributed by atoms with Gasteiger partial charge in [-0.1, -0.05) is 0 Å². The summed E-state index contributed by atoms with van der Waals surface area (Å²) in [5.41, 5.74) is 0. The predicted molar refractivity (Wildman–Crippen MR) is 52.6 cm³/mol. The second kappa shape index (κ2) is 6.39. The van der Waals surface area contributed by atoms with Crippen molar-refractivity contribution in [2.45, 2.75) is 20.8 Å². The van der Waals surface area contributed by atoms with Crippen LogP contribution >= 0.6 is 26.9 Å². The summed E-state index contributed by atoms with van der Waals surface area (Å²) in [6.45, 7) is 6.94. The molecule has 61 valence electrons. The van der Waals surface area contributed by atoms with Crippen LogP contribution in [0.15, 0.2) is 0 Å². The Bertz CT molecular complexity index is 55.8. The van der Waals surface area contributed by atoms with Crippen LogP contribution in [-0.4, -0.2) is 18.5 Å². The van der Waals surface area contributed by atoms with Crippen molar-refractivity contribution in [3.8, 4) is 0 Å². The number of hydrogen-bond donors (Lipinski definition) is 0. The second-order valence-corrected chi connectivity index (χ2v) is 12.1. The van der Waals surface area contributed by atoms with Gasteiger partial charge in [0.2, 0.25) is 0 Å². The van der Waals surface area contributed by atoms with Gasteiger partial charge < -0.3 is 0 Å². The monoisotopic (exact) mass is 308 g/mol. The topological polar surface area (TPSA) is 0 Å². The summed E-state index contributed by atoms with van der Waals surface area (Å²) in [5.74, 6) is 0. The van der Waals surface area contributed by atoms with Gasteiger partial charge in [0.15, 0.2) is 22.0 Å². The Hall–Kier alpha value is 1.68. The maximum Gasteiger partial charge on any atom is 0.154 e. The van der Waals surface area contributed by atoms with E-state index in [4.69, 9.17) is 0 Å². The van der Waals surface area contributed by atoms with Crippen LogP contribution in [0.5, 0.6) is 0 Å². The van der Waals surface area contributed by atoms with Crippen molar-refractivity contribution in [3.05, 3.63) is 0 Å². The largest absolute Gasteiger partial charge is 0.154 e. The Morgan fingerprint density at radius 2 is 1.22 bits per heavy atom. The molecule has 9 heavy (non-hydrogen) atoms. The predicted octanol–water partition coefficient (Wildman–Crippen LogP) is 3.41. The van der Waals surface area contributed by atoms with Gasteiger partial charge in [-0.15, -0.1) is 0 Å². The van der Waals surface area contributed by atoms with Crippen molar-refractivity contribution in [2.75, 3.05) is 18.5 Å². The average molecular weight is 309 g/mol. The van der Waals surface area contributed by atoms with Gasteiger partial charge in [0.1, 0.15) is 0 Å². The van der Waals surface area contributed by atoms with Gasteiger partial charge in [0, 0.05) is 17.1 Å². The van der Waals surface area contributed by atoms with Crippen LogP contribution < -0.4 is 0 Å². The smallest absolute Gasteiger partial charge is 0.0304 e. The normalized spacial score (nSPS) is 10.7. The third kappa shape index (κ3) is 5.01. The van der Waals surface area contributed by atoms with E-state index >= 15 is 0 Å². The van der Waals surface area contributed by atoms with E-state index in [0.717, 1.165) is 0 Å². The summed E-state index contributed by atoms with van der Waals surface area (Å²) in [6.07, 6.45) is 4.25. The van der Waals surface area contributed by atoms with Crippen LogP contribution in [0, 0.1) is 0 Å².